The van der Waals surface area contributed by atoms with Gasteiger partial charge in [0.2, 0.25) is 0 Å². The Kier molecular flexibility index (Phi) is 3.84. The molecule has 0 saturated carbocycles. The van der Waals surface area contributed by atoms with Gasteiger partial charge in [-0.15, -0.1) is 0 Å². The molecule has 0 aliphatic rings. The molecule has 20 heavy (non-hydrogen) atoms. The van der Waals surface area contributed by atoms with Crippen LogP contribution in [0.15, 0.2) is 36.4 Å². The molecule has 0 saturated heterocycles. The summed E-state index contributed by atoms with van der Waals surface area (Å²) in [6.07, 6.45) is 0. The average Bonchev–Trinajstić information content (AvgIpc) is 2.36. The van der Waals surface area contributed by atoms with E-state index >= 15 is 0 Å². The fourth-order valence-electron chi connectivity index (χ4n) is 1.69. The highest BCUT2D eigenvalue weighted by Gasteiger charge is 2.13. The van der Waals surface area contributed by atoms with Crippen molar-refractivity contribution in [3.8, 4) is 5.75 Å². The minimum Gasteiger partial charge on any atom is -0.497 e. The first-order chi connectivity index (χ1) is 9.49. The normalized spacial score (nSPS) is 10.2. The number of carbonyl (C=O) groups excluding carboxylic acids is 1. The number of hydrogen-bond donors (Lipinski definition) is 2. The number of nitrogens with one attached hydrogen (secondary N) is 1. The molecule has 1 amide bonds. The smallest absolute Gasteiger partial charge is 0.258 e. The summed E-state index contributed by atoms with van der Waals surface area (Å²) in [4.78, 5) is 11.9. The summed E-state index contributed by atoms with van der Waals surface area (Å²) >= 11 is 0. The second kappa shape index (κ2) is 5.56. The van der Waals surface area contributed by atoms with E-state index in [0.29, 0.717) is 5.75 Å². The van der Waals surface area contributed by atoms with E-state index in [1.54, 1.807) is 0 Å². The summed E-state index contributed by atoms with van der Waals surface area (Å²) in [6, 6.07) is 7.42. The van der Waals surface area contributed by atoms with Gasteiger partial charge in [-0.1, -0.05) is 0 Å². The van der Waals surface area contributed by atoms with E-state index in [9.17, 15) is 13.6 Å². The monoisotopic (exact) mass is 278 g/mol. The molecule has 2 rings (SSSR count). The average molecular weight is 278 g/mol. The Morgan fingerprint density at radius 2 is 1.95 bits per heavy atom. The van der Waals surface area contributed by atoms with Crippen LogP contribution in [0.1, 0.15) is 10.4 Å². The zero-order valence-electron chi connectivity index (χ0n) is 10.6. The van der Waals surface area contributed by atoms with E-state index < -0.39 is 17.5 Å². The van der Waals surface area contributed by atoms with E-state index in [1.807, 2.05) is 0 Å². The molecule has 3 N–H and O–H groups in total. The number of nitrogen functional groups attached to an aromatic ring is 1. The van der Waals surface area contributed by atoms with Crippen molar-refractivity contribution in [3.63, 3.8) is 0 Å². The van der Waals surface area contributed by atoms with Crippen LogP contribution in [0.25, 0.3) is 0 Å². The first kappa shape index (κ1) is 13.8. The molecule has 0 aliphatic carbocycles. The number of carbonyl (C=O) groups is 1. The van der Waals surface area contributed by atoms with E-state index in [1.165, 1.54) is 25.3 Å². The lowest BCUT2D eigenvalue weighted by atomic mass is 10.2. The summed E-state index contributed by atoms with van der Waals surface area (Å²) in [7, 11) is 1.39. The van der Waals surface area contributed by atoms with E-state index in [2.05, 4.69) is 5.32 Å². The second-order valence-electron chi connectivity index (χ2n) is 4.07. The maximum Gasteiger partial charge on any atom is 0.258 e. The van der Waals surface area contributed by atoms with Gasteiger partial charge in [-0.2, -0.15) is 0 Å². The highest BCUT2D eigenvalue weighted by atomic mass is 19.1. The minimum atomic E-state index is -0.730. The van der Waals surface area contributed by atoms with Crippen LogP contribution in [0, 0.1) is 11.6 Å². The molecular weight excluding hydrogens is 266 g/mol. The van der Waals surface area contributed by atoms with Crippen molar-refractivity contribution in [2.45, 2.75) is 0 Å². The molecule has 0 spiro atoms. The zero-order chi connectivity index (χ0) is 14.7. The molecule has 0 radical (unpaired) electrons. The minimum absolute atomic E-state index is 0.155. The van der Waals surface area contributed by atoms with E-state index in [4.69, 9.17) is 10.5 Å². The lowest BCUT2D eigenvalue weighted by molar-refractivity contribution is 0.102. The standard InChI is InChI=1S/C14H12F2N2O2/c1-20-11-2-3-12(13(16)7-11)14(19)18-10-5-8(15)4-9(17)6-10/h2-7H,17H2,1H3,(H,18,19). The zero-order valence-corrected chi connectivity index (χ0v) is 10.6. The molecule has 2 aromatic carbocycles. The first-order valence-corrected chi connectivity index (χ1v) is 5.70. The third-order valence-electron chi connectivity index (χ3n) is 2.60. The van der Waals surface area contributed by atoms with Gasteiger partial charge in [0.05, 0.1) is 12.7 Å². The highest BCUT2D eigenvalue weighted by molar-refractivity contribution is 6.04. The van der Waals surface area contributed by atoms with Gasteiger partial charge in [0, 0.05) is 17.4 Å². The Labute approximate surface area is 114 Å². The Balaban J connectivity index is 2.23. The van der Waals surface area contributed by atoms with Gasteiger partial charge in [0.25, 0.3) is 5.91 Å². The summed E-state index contributed by atoms with van der Waals surface area (Å²) in [5, 5.41) is 2.38. The van der Waals surface area contributed by atoms with Crippen LogP contribution >= 0.6 is 0 Å². The number of amides is 1. The summed E-state index contributed by atoms with van der Waals surface area (Å²) < 4.78 is 31.7. The quantitative estimate of drug-likeness (QED) is 0.848. The molecule has 0 aromatic heterocycles. The predicted octanol–water partition coefficient (Wildman–Crippen LogP) is 2.81. The highest BCUT2D eigenvalue weighted by Crippen LogP contribution is 2.19. The molecule has 0 aliphatic heterocycles. The van der Waals surface area contributed by atoms with Gasteiger partial charge in [-0.05, 0) is 30.3 Å². The van der Waals surface area contributed by atoms with Gasteiger partial charge in [-0.25, -0.2) is 8.78 Å². The van der Waals surface area contributed by atoms with Gasteiger partial charge in [-0.3, -0.25) is 4.79 Å². The SMILES string of the molecule is COc1ccc(C(=O)Nc2cc(N)cc(F)c2)c(F)c1. The van der Waals surface area contributed by atoms with Gasteiger partial charge >= 0.3 is 0 Å². The fraction of sp³-hybridized carbons (Fsp3) is 0.0714. The Morgan fingerprint density at radius 3 is 2.55 bits per heavy atom. The number of anilines is 2. The Hall–Kier alpha value is -2.63. The Bertz CT molecular complexity index is 639. The maximum atomic E-state index is 13.7. The van der Waals surface area contributed by atoms with E-state index in [0.717, 1.165) is 18.2 Å². The van der Waals surface area contributed by atoms with Gasteiger partial charge < -0.3 is 15.8 Å². The third kappa shape index (κ3) is 3.03. The first-order valence-electron chi connectivity index (χ1n) is 5.70. The molecule has 0 bridgehead atoms. The van der Waals surface area contributed by atoms with Gasteiger partial charge in [0.15, 0.2) is 0 Å². The predicted molar refractivity (Wildman–Crippen MR) is 71.7 cm³/mol. The third-order valence-corrected chi connectivity index (χ3v) is 2.60. The molecule has 0 heterocycles. The summed E-state index contributed by atoms with van der Waals surface area (Å²) in [5.74, 6) is -1.72. The van der Waals surface area contributed by atoms with Crippen molar-refractivity contribution in [2.24, 2.45) is 0 Å². The number of rotatable bonds is 3. The number of hydrogen-bond acceptors (Lipinski definition) is 3. The topological polar surface area (TPSA) is 64.3 Å². The van der Waals surface area contributed by atoms with Crippen LogP contribution in [0.4, 0.5) is 20.2 Å². The number of methoxy groups -OCH3 is 1. The van der Waals surface area contributed by atoms with Crippen molar-refractivity contribution in [1.82, 2.24) is 0 Å². The van der Waals surface area contributed by atoms with Gasteiger partial charge in [0.1, 0.15) is 17.4 Å². The molecule has 0 fully saturated rings. The van der Waals surface area contributed by atoms with Crippen LogP contribution < -0.4 is 15.8 Å². The second-order valence-corrected chi connectivity index (χ2v) is 4.07. The molecule has 4 nitrogen and oxygen atoms in total. The largest absolute Gasteiger partial charge is 0.497 e. The van der Waals surface area contributed by atoms with Crippen LogP contribution in [0.3, 0.4) is 0 Å². The van der Waals surface area contributed by atoms with Crippen LogP contribution in [-0.4, -0.2) is 13.0 Å². The van der Waals surface area contributed by atoms with Crippen molar-refractivity contribution in [1.29, 1.82) is 0 Å². The molecule has 6 heteroatoms. The van der Waals surface area contributed by atoms with E-state index in [-0.39, 0.29) is 16.9 Å². The summed E-state index contributed by atoms with van der Waals surface area (Å²) in [5.41, 5.74) is 5.60. The molecule has 2 aromatic rings. The maximum absolute atomic E-state index is 13.7. The number of benzene rings is 2. The molecule has 104 valence electrons. The molecule has 0 atom stereocenters. The lowest BCUT2D eigenvalue weighted by Crippen LogP contribution is -2.14. The summed E-state index contributed by atoms with van der Waals surface area (Å²) in [6.45, 7) is 0. The van der Waals surface area contributed by atoms with Crippen molar-refractivity contribution in [3.05, 3.63) is 53.6 Å². The van der Waals surface area contributed by atoms with Crippen molar-refractivity contribution in [2.75, 3.05) is 18.2 Å². The van der Waals surface area contributed by atoms with Crippen molar-refractivity contribution >= 4 is 17.3 Å². The van der Waals surface area contributed by atoms with Crippen LogP contribution in [0.2, 0.25) is 0 Å². The number of halogens is 2. The van der Waals surface area contributed by atoms with Crippen LogP contribution in [0.5, 0.6) is 5.75 Å². The number of ether oxygens (including phenoxy) is 1. The molecule has 0 unspecified atom stereocenters. The van der Waals surface area contributed by atoms with Crippen LogP contribution in [-0.2, 0) is 0 Å². The Morgan fingerprint density at radius 1 is 1.20 bits per heavy atom. The fourth-order valence-corrected chi connectivity index (χ4v) is 1.69. The van der Waals surface area contributed by atoms with Crippen molar-refractivity contribution < 1.29 is 18.3 Å². The number of nitrogens with two attached hydrogens (primary N) is 1. The lowest BCUT2D eigenvalue weighted by Gasteiger charge is -2.08. The molecular formula is C14H12F2N2O2.